The van der Waals surface area contributed by atoms with Crippen LogP contribution in [0.4, 0.5) is 0 Å². The van der Waals surface area contributed by atoms with Crippen molar-refractivity contribution in [2.45, 2.75) is 18.9 Å². The second kappa shape index (κ2) is 5.38. The van der Waals surface area contributed by atoms with Gasteiger partial charge >= 0.3 is 0 Å². The van der Waals surface area contributed by atoms with Gasteiger partial charge in [-0.05, 0) is 31.0 Å². The lowest BCUT2D eigenvalue weighted by atomic mass is 10.1. The third-order valence-corrected chi connectivity index (χ3v) is 3.73. The molecule has 2 N–H and O–H groups in total. The Labute approximate surface area is 114 Å². The van der Waals surface area contributed by atoms with E-state index in [1.54, 1.807) is 17.0 Å². The first kappa shape index (κ1) is 12.9. The predicted molar refractivity (Wildman–Crippen MR) is 72.3 cm³/mol. The summed E-state index contributed by atoms with van der Waals surface area (Å²) in [6.45, 7) is 1.37. The smallest absolute Gasteiger partial charge is 0.255 e. The molecule has 0 unspecified atom stereocenters. The van der Waals surface area contributed by atoms with E-state index in [2.05, 4.69) is 15.9 Å². The first-order valence-corrected chi connectivity index (χ1v) is 6.75. The molecule has 5 heteroatoms. The SMILES string of the molecule is N[C@@H]1CCCN(C(=O)c2cc(Br)ccc2Cl)C1. The monoisotopic (exact) mass is 316 g/mol. The van der Waals surface area contributed by atoms with E-state index in [0.717, 1.165) is 23.9 Å². The van der Waals surface area contributed by atoms with Gasteiger partial charge in [0.15, 0.2) is 0 Å². The number of rotatable bonds is 1. The Hall–Kier alpha value is -0.580. The molecule has 1 aromatic carbocycles. The normalized spacial score (nSPS) is 20.4. The molecule has 1 aliphatic heterocycles. The largest absolute Gasteiger partial charge is 0.337 e. The highest BCUT2D eigenvalue weighted by Crippen LogP contribution is 2.23. The lowest BCUT2D eigenvalue weighted by Crippen LogP contribution is -2.45. The fraction of sp³-hybridized carbons (Fsp3) is 0.417. The van der Waals surface area contributed by atoms with Crippen molar-refractivity contribution in [1.82, 2.24) is 4.90 Å². The zero-order valence-corrected chi connectivity index (χ0v) is 11.7. The third kappa shape index (κ3) is 3.00. The number of hydrogen-bond donors (Lipinski definition) is 1. The van der Waals surface area contributed by atoms with Gasteiger partial charge in [0.1, 0.15) is 0 Å². The molecule has 1 fully saturated rings. The fourth-order valence-corrected chi connectivity index (χ4v) is 2.59. The fourth-order valence-electron chi connectivity index (χ4n) is 2.03. The van der Waals surface area contributed by atoms with Crippen molar-refractivity contribution >= 4 is 33.4 Å². The lowest BCUT2D eigenvalue weighted by Gasteiger charge is -2.31. The Morgan fingerprint density at radius 2 is 2.29 bits per heavy atom. The molecule has 0 aliphatic carbocycles. The number of benzene rings is 1. The molecule has 0 saturated carbocycles. The van der Waals surface area contributed by atoms with Gasteiger partial charge in [0.05, 0.1) is 10.6 Å². The Kier molecular flexibility index (Phi) is 4.07. The molecule has 1 aliphatic rings. The van der Waals surface area contributed by atoms with Crippen molar-refractivity contribution in [2.24, 2.45) is 5.73 Å². The average Bonchev–Trinajstić information content (AvgIpc) is 2.31. The quantitative estimate of drug-likeness (QED) is 0.865. The zero-order valence-electron chi connectivity index (χ0n) is 9.33. The summed E-state index contributed by atoms with van der Waals surface area (Å²) in [7, 11) is 0. The summed E-state index contributed by atoms with van der Waals surface area (Å²) in [6.07, 6.45) is 1.94. The van der Waals surface area contributed by atoms with Crippen LogP contribution in [0.1, 0.15) is 23.2 Å². The molecule has 1 saturated heterocycles. The minimum absolute atomic E-state index is 0.0357. The van der Waals surface area contributed by atoms with Gasteiger partial charge in [-0.2, -0.15) is 0 Å². The summed E-state index contributed by atoms with van der Waals surface area (Å²) in [5, 5.41) is 0.484. The van der Waals surface area contributed by atoms with E-state index in [4.69, 9.17) is 17.3 Å². The highest BCUT2D eigenvalue weighted by molar-refractivity contribution is 9.10. The number of nitrogens with zero attached hydrogens (tertiary/aromatic N) is 1. The Morgan fingerprint density at radius 3 is 3.00 bits per heavy atom. The van der Waals surface area contributed by atoms with Crippen molar-refractivity contribution in [3.8, 4) is 0 Å². The molecule has 0 aromatic heterocycles. The lowest BCUT2D eigenvalue weighted by molar-refractivity contribution is 0.0709. The number of halogens is 2. The number of nitrogens with two attached hydrogens (primary N) is 1. The zero-order chi connectivity index (χ0) is 12.4. The van der Waals surface area contributed by atoms with E-state index in [1.807, 2.05) is 6.07 Å². The summed E-state index contributed by atoms with van der Waals surface area (Å²) in [6, 6.07) is 5.38. The molecule has 17 heavy (non-hydrogen) atoms. The summed E-state index contributed by atoms with van der Waals surface area (Å²) >= 11 is 9.39. The summed E-state index contributed by atoms with van der Waals surface area (Å²) < 4.78 is 0.853. The third-order valence-electron chi connectivity index (χ3n) is 2.90. The number of hydrogen-bond acceptors (Lipinski definition) is 2. The van der Waals surface area contributed by atoms with Crippen molar-refractivity contribution in [2.75, 3.05) is 13.1 Å². The van der Waals surface area contributed by atoms with Crippen LogP contribution in [0.25, 0.3) is 0 Å². The van der Waals surface area contributed by atoms with Gasteiger partial charge in [0.25, 0.3) is 5.91 Å². The molecular weight excluding hydrogens is 304 g/mol. The Bertz CT molecular complexity index is 439. The maximum absolute atomic E-state index is 12.3. The van der Waals surface area contributed by atoms with E-state index >= 15 is 0 Å². The van der Waals surface area contributed by atoms with Crippen molar-refractivity contribution in [1.29, 1.82) is 0 Å². The second-order valence-electron chi connectivity index (χ2n) is 4.28. The van der Waals surface area contributed by atoms with Gasteiger partial charge in [-0.15, -0.1) is 0 Å². The van der Waals surface area contributed by atoms with E-state index in [1.165, 1.54) is 0 Å². The molecule has 92 valence electrons. The Morgan fingerprint density at radius 1 is 1.53 bits per heavy atom. The minimum Gasteiger partial charge on any atom is -0.337 e. The van der Waals surface area contributed by atoms with Crippen molar-refractivity contribution in [3.05, 3.63) is 33.3 Å². The standard InChI is InChI=1S/C12H14BrClN2O/c13-8-3-4-11(14)10(6-8)12(17)16-5-1-2-9(15)7-16/h3-4,6,9H,1-2,5,7,15H2/t9-/m1/s1. The van der Waals surface area contributed by atoms with E-state index in [-0.39, 0.29) is 11.9 Å². The minimum atomic E-state index is -0.0357. The molecule has 3 nitrogen and oxygen atoms in total. The van der Waals surface area contributed by atoms with Crippen LogP contribution in [0, 0.1) is 0 Å². The van der Waals surface area contributed by atoms with E-state index in [9.17, 15) is 4.79 Å². The van der Waals surface area contributed by atoms with Gasteiger partial charge in [-0.25, -0.2) is 0 Å². The topological polar surface area (TPSA) is 46.3 Å². The molecule has 2 rings (SSSR count). The molecule has 1 heterocycles. The van der Waals surface area contributed by atoms with Crippen LogP contribution in [0.2, 0.25) is 5.02 Å². The van der Waals surface area contributed by atoms with Gasteiger partial charge in [0.2, 0.25) is 0 Å². The molecule has 1 amide bonds. The van der Waals surface area contributed by atoms with Crippen LogP contribution >= 0.6 is 27.5 Å². The summed E-state index contributed by atoms with van der Waals surface area (Å²) in [4.78, 5) is 14.1. The van der Waals surface area contributed by atoms with Crippen LogP contribution in [0.3, 0.4) is 0 Å². The maximum Gasteiger partial charge on any atom is 0.255 e. The molecule has 0 bridgehead atoms. The van der Waals surface area contributed by atoms with Gasteiger partial charge < -0.3 is 10.6 Å². The van der Waals surface area contributed by atoms with Crippen LogP contribution in [-0.2, 0) is 0 Å². The number of likely N-dealkylation sites (tertiary alicyclic amines) is 1. The van der Waals surface area contributed by atoms with Gasteiger partial charge in [-0.3, -0.25) is 4.79 Å². The number of carbonyl (C=O) groups excluding carboxylic acids is 1. The number of amides is 1. The van der Waals surface area contributed by atoms with Crippen LogP contribution in [0.5, 0.6) is 0 Å². The van der Waals surface area contributed by atoms with Crippen molar-refractivity contribution < 1.29 is 4.79 Å². The summed E-state index contributed by atoms with van der Waals surface area (Å²) in [5.74, 6) is -0.0357. The van der Waals surface area contributed by atoms with Gasteiger partial charge in [-0.1, -0.05) is 27.5 Å². The highest BCUT2D eigenvalue weighted by atomic mass is 79.9. The van der Waals surface area contributed by atoms with Crippen molar-refractivity contribution in [3.63, 3.8) is 0 Å². The maximum atomic E-state index is 12.3. The molecular formula is C12H14BrClN2O. The van der Waals surface area contributed by atoms with Crippen LogP contribution < -0.4 is 5.73 Å². The number of piperidine rings is 1. The molecule has 1 aromatic rings. The Balaban J connectivity index is 2.21. The van der Waals surface area contributed by atoms with Gasteiger partial charge in [0, 0.05) is 23.6 Å². The highest BCUT2D eigenvalue weighted by Gasteiger charge is 2.23. The number of carbonyl (C=O) groups is 1. The summed E-state index contributed by atoms with van der Waals surface area (Å²) in [5.41, 5.74) is 6.41. The first-order valence-electron chi connectivity index (χ1n) is 5.58. The molecule has 0 spiro atoms. The van der Waals surface area contributed by atoms with Crippen LogP contribution in [0.15, 0.2) is 22.7 Å². The van der Waals surface area contributed by atoms with E-state index < -0.39 is 0 Å². The second-order valence-corrected chi connectivity index (χ2v) is 5.60. The average molecular weight is 318 g/mol. The van der Waals surface area contributed by atoms with E-state index in [0.29, 0.717) is 17.1 Å². The molecule has 0 radical (unpaired) electrons. The first-order chi connectivity index (χ1) is 8.08. The molecule has 1 atom stereocenters. The van der Waals surface area contributed by atoms with Crippen LogP contribution in [-0.4, -0.2) is 29.9 Å². The predicted octanol–water partition coefficient (Wildman–Crippen LogP) is 2.67.